The molecule has 0 fully saturated rings. The number of nitrogens with one attached hydrogen (secondary N) is 2. The van der Waals surface area contributed by atoms with Gasteiger partial charge in [-0.25, -0.2) is 14.2 Å². The number of amides is 4. The Bertz CT molecular complexity index is 1650. The maximum Gasteiger partial charge on any atom is 0.321 e. The van der Waals surface area contributed by atoms with Crippen molar-refractivity contribution < 1.29 is 28.6 Å². The Morgan fingerprint density at radius 1 is 1.13 bits per heavy atom. The van der Waals surface area contributed by atoms with Gasteiger partial charge in [-0.05, 0) is 55.5 Å². The molecule has 3 N–H and O–H groups in total. The highest BCUT2D eigenvalue weighted by Crippen LogP contribution is 2.35. The number of hydrogen-bond acceptors (Lipinski definition) is 7. The van der Waals surface area contributed by atoms with Crippen LogP contribution in [0.15, 0.2) is 78.3 Å². The minimum Gasteiger partial charge on any atom is -0.485 e. The van der Waals surface area contributed by atoms with Crippen LogP contribution in [0.3, 0.4) is 0 Å². The van der Waals surface area contributed by atoms with Crippen molar-refractivity contribution in [3.63, 3.8) is 0 Å². The summed E-state index contributed by atoms with van der Waals surface area (Å²) in [6, 6.07) is 16.5. The summed E-state index contributed by atoms with van der Waals surface area (Å²) in [4.78, 5) is 47.5. The topological polar surface area (TPSA) is 124 Å². The van der Waals surface area contributed by atoms with Crippen molar-refractivity contribution in [3.05, 3.63) is 95.3 Å². The largest absolute Gasteiger partial charge is 0.485 e. The van der Waals surface area contributed by atoms with E-state index in [2.05, 4.69) is 15.6 Å². The van der Waals surface area contributed by atoms with Crippen molar-refractivity contribution in [1.29, 1.82) is 0 Å². The van der Waals surface area contributed by atoms with Crippen LogP contribution in [0, 0.1) is 11.7 Å². The highest BCUT2D eigenvalue weighted by molar-refractivity contribution is 7.13. The lowest BCUT2D eigenvalue weighted by Gasteiger charge is -2.38. The Morgan fingerprint density at radius 2 is 1.87 bits per heavy atom. The first-order chi connectivity index (χ1) is 21.6. The minimum atomic E-state index is -0.607. The van der Waals surface area contributed by atoms with E-state index < -0.39 is 29.9 Å². The van der Waals surface area contributed by atoms with Crippen LogP contribution in [0.1, 0.15) is 34.6 Å². The Labute approximate surface area is 264 Å². The molecule has 0 saturated carbocycles. The number of ether oxygens (including phenoxy) is 1. The van der Waals surface area contributed by atoms with Crippen molar-refractivity contribution in [2.45, 2.75) is 26.0 Å². The van der Waals surface area contributed by atoms with Gasteiger partial charge in [-0.1, -0.05) is 25.1 Å². The zero-order valence-electron chi connectivity index (χ0n) is 25.1. The predicted molar refractivity (Wildman–Crippen MR) is 171 cm³/mol. The summed E-state index contributed by atoms with van der Waals surface area (Å²) < 4.78 is 19.8. The fraction of sp³-hybridized carbons (Fsp3) is 0.273. The van der Waals surface area contributed by atoms with Crippen LogP contribution in [-0.2, 0) is 0 Å². The van der Waals surface area contributed by atoms with E-state index in [-0.39, 0.29) is 42.8 Å². The number of anilines is 2. The third-order valence-electron chi connectivity index (χ3n) is 7.66. The monoisotopic (exact) mass is 631 g/mol. The molecule has 12 heteroatoms. The number of para-hydroxylation sites is 1. The first-order valence-electron chi connectivity index (χ1n) is 14.4. The SMILES string of the molecule is C[C@@H]1CN([C@@H](C)CO)C(=O)c2cccc(NC(=O)c3ccc(-c4nccs4)cc3)c2O[C@H]1CN(C)C(=O)Nc1ccc(F)cc1. The summed E-state index contributed by atoms with van der Waals surface area (Å²) in [7, 11) is 1.61. The molecule has 5 rings (SSSR count). The molecule has 0 aliphatic carbocycles. The van der Waals surface area contributed by atoms with Crippen LogP contribution in [0.5, 0.6) is 5.75 Å². The number of carbonyl (C=O) groups excluding carboxylic acids is 3. The summed E-state index contributed by atoms with van der Waals surface area (Å²) >= 11 is 1.50. The Morgan fingerprint density at radius 3 is 2.53 bits per heavy atom. The average Bonchev–Trinajstić information content (AvgIpc) is 3.59. The summed E-state index contributed by atoms with van der Waals surface area (Å²) in [6.45, 7) is 3.80. The van der Waals surface area contributed by atoms with Crippen LogP contribution < -0.4 is 15.4 Å². The van der Waals surface area contributed by atoms with Crippen molar-refractivity contribution in [1.82, 2.24) is 14.8 Å². The zero-order valence-corrected chi connectivity index (χ0v) is 25.9. The molecule has 45 heavy (non-hydrogen) atoms. The van der Waals surface area contributed by atoms with Gasteiger partial charge in [0.2, 0.25) is 0 Å². The number of fused-ring (bicyclic) bond motifs is 1. The van der Waals surface area contributed by atoms with E-state index in [1.807, 2.05) is 24.4 Å². The smallest absolute Gasteiger partial charge is 0.321 e. The van der Waals surface area contributed by atoms with Crippen LogP contribution in [-0.4, -0.2) is 76.6 Å². The molecular weight excluding hydrogens is 597 g/mol. The van der Waals surface area contributed by atoms with Gasteiger partial charge >= 0.3 is 6.03 Å². The fourth-order valence-electron chi connectivity index (χ4n) is 4.99. The molecule has 0 unspecified atom stereocenters. The molecule has 1 aliphatic rings. The summed E-state index contributed by atoms with van der Waals surface area (Å²) in [5.74, 6) is -1.26. The molecule has 1 aromatic heterocycles. The van der Waals surface area contributed by atoms with Gasteiger partial charge in [0.1, 0.15) is 16.9 Å². The lowest BCUT2D eigenvalue weighted by Crippen LogP contribution is -2.50. The molecule has 4 aromatic rings. The minimum absolute atomic E-state index is 0.129. The summed E-state index contributed by atoms with van der Waals surface area (Å²) in [5.41, 5.74) is 2.25. The quantitative estimate of drug-likeness (QED) is 0.233. The molecule has 0 bridgehead atoms. The Balaban J connectivity index is 1.42. The summed E-state index contributed by atoms with van der Waals surface area (Å²) in [6.07, 6.45) is 1.11. The number of carbonyl (C=O) groups is 3. The molecule has 1 aliphatic heterocycles. The number of thiazole rings is 1. The van der Waals surface area contributed by atoms with E-state index in [4.69, 9.17) is 4.74 Å². The van der Waals surface area contributed by atoms with E-state index >= 15 is 0 Å². The number of rotatable bonds is 8. The van der Waals surface area contributed by atoms with Gasteiger partial charge < -0.3 is 30.3 Å². The third-order valence-corrected chi connectivity index (χ3v) is 8.48. The molecule has 4 amide bonds. The molecule has 3 aromatic carbocycles. The highest BCUT2D eigenvalue weighted by atomic mass is 32.1. The van der Waals surface area contributed by atoms with Gasteiger partial charge in [0.05, 0.1) is 30.4 Å². The molecule has 234 valence electrons. The van der Waals surface area contributed by atoms with E-state index in [1.54, 1.807) is 55.4 Å². The van der Waals surface area contributed by atoms with Crippen LogP contribution >= 0.6 is 11.3 Å². The van der Waals surface area contributed by atoms with Gasteiger partial charge in [-0.3, -0.25) is 9.59 Å². The van der Waals surface area contributed by atoms with Crippen molar-refractivity contribution in [2.24, 2.45) is 5.92 Å². The van der Waals surface area contributed by atoms with Gasteiger partial charge in [-0.15, -0.1) is 11.3 Å². The molecule has 0 spiro atoms. The number of benzene rings is 3. The number of nitrogens with zero attached hydrogens (tertiary/aromatic N) is 3. The highest BCUT2D eigenvalue weighted by Gasteiger charge is 2.35. The normalized spacial score (nSPS) is 16.9. The molecule has 0 radical (unpaired) electrons. The van der Waals surface area contributed by atoms with E-state index in [0.29, 0.717) is 16.9 Å². The maximum absolute atomic E-state index is 13.8. The predicted octanol–water partition coefficient (Wildman–Crippen LogP) is 5.59. The molecular formula is C33H34FN5O5S. The van der Waals surface area contributed by atoms with E-state index in [1.165, 1.54) is 40.5 Å². The van der Waals surface area contributed by atoms with Gasteiger partial charge in [0, 0.05) is 47.9 Å². The fourth-order valence-corrected chi connectivity index (χ4v) is 5.63. The zero-order chi connectivity index (χ0) is 32.1. The van der Waals surface area contributed by atoms with Crippen LogP contribution in [0.2, 0.25) is 0 Å². The first kappa shape index (κ1) is 31.6. The van der Waals surface area contributed by atoms with Gasteiger partial charge in [-0.2, -0.15) is 0 Å². The number of aliphatic hydroxyl groups is 1. The summed E-state index contributed by atoms with van der Waals surface area (Å²) in [5, 5.41) is 18.3. The molecule has 0 saturated heterocycles. The van der Waals surface area contributed by atoms with Crippen LogP contribution in [0.25, 0.3) is 10.6 Å². The van der Waals surface area contributed by atoms with Crippen molar-refractivity contribution in [2.75, 3.05) is 37.4 Å². The lowest BCUT2D eigenvalue weighted by atomic mass is 9.99. The number of aromatic nitrogens is 1. The second kappa shape index (κ2) is 13.9. The van der Waals surface area contributed by atoms with Crippen molar-refractivity contribution >= 4 is 40.6 Å². The molecule has 2 heterocycles. The number of aliphatic hydroxyl groups excluding tert-OH is 1. The second-order valence-electron chi connectivity index (χ2n) is 11.0. The van der Waals surface area contributed by atoms with E-state index in [9.17, 15) is 23.9 Å². The van der Waals surface area contributed by atoms with E-state index in [0.717, 1.165) is 10.6 Å². The number of urea groups is 1. The average molecular weight is 632 g/mol. The Kier molecular flexibility index (Phi) is 9.74. The number of halogens is 1. The lowest BCUT2D eigenvalue weighted by molar-refractivity contribution is 0.0372. The standard InChI is InChI=1S/C33H34FN5O5S/c1-20-17-39(21(2)19-40)32(42)26-5-4-6-27(37-30(41)22-7-9-23(10-8-22)31-35-15-16-45-31)29(26)44-28(20)18-38(3)33(43)36-25-13-11-24(34)12-14-25/h4-16,20-21,28,40H,17-19H2,1-3H3,(H,36,43)(H,37,41)/t20-,21+,28+/m1/s1. The molecule has 10 nitrogen and oxygen atoms in total. The van der Waals surface area contributed by atoms with Gasteiger partial charge in [0.25, 0.3) is 11.8 Å². The van der Waals surface area contributed by atoms with Crippen molar-refractivity contribution in [3.8, 4) is 16.3 Å². The second-order valence-corrected chi connectivity index (χ2v) is 11.9. The van der Waals surface area contributed by atoms with Gasteiger partial charge in [0.15, 0.2) is 5.75 Å². The maximum atomic E-state index is 13.8. The number of hydrogen-bond donors (Lipinski definition) is 3. The molecule has 3 atom stereocenters. The number of likely N-dealkylation sites (N-methyl/N-ethyl adjacent to an activating group) is 1. The van der Waals surface area contributed by atoms with Crippen LogP contribution in [0.4, 0.5) is 20.6 Å². The Hall–Kier alpha value is -4.81. The first-order valence-corrected chi connectivity index (χ1v) is 15.3. The third kappa shape index (κ3) is 7.30.